The van der Waals surface area contributed by atoms with E-state index in [1.165, 1.54) is 0 Å². The summed E-state index contributed by atoms with van der Waals surface area (Å²) in [6.45, 7) is 2.13. The smallest absolute Gasteiger partial charge is 0.196 e. The van der Waals surface area contributed by atoms with Crippen molar-refractivity contribution in [2.75, 3.05) is 13.7 Å². The van der Waals surface area contributed by atoms with Crippen molar-refractivity contribution in [3.05, 3.63) is 52.4 Å². The van der Waals surface area contributed by atoms with Crippen molar-refractivity contribution in [3.63, 3.8) is 0 Å². The summed E-state index contributed by atoms with van der Waals surface area (Å²) in [5.74, 6) is 1.10. The Bertz CT molecular complexity index is 869. The lowest BCUT2D eigenvalue weighted by molar-refractivity contribution is 0.100. The predicted octanol–water partition coefficient (Wildman–Crippen LogP) is 2.87. The van der Waals surface area contributed by atoms with Crippen LogP contribution in [0, 0.1) is 18.3 Å². The topological polar surface area (TPSA) is 64.2 Å². The summed E-state index contributed by atoms with van der Waals surface area (Å²) in [5, 5.41) is 9.10. The van der Waals surface area contributed by atoms with Gasteiger partial charge < -0.3 is 14.0 Å². The number of ether oxygens (including phenoxy) is 2. The zero-order chi connectivity index (χ0) is 16.6. The molecule has 0 spiro atoms. The number of rotatable bonds is 2. The second-order valence-electron chi connectivity index (χ2n) is 5.39. The summed E-state index contributed by atoms with van der Waals surface area (Å²) >= 11 is 0. The molecule has 1 aromatic carbocycles. The Morgan fingerprint density at radius 3 is 2.83 bits per heavy atom. The van der Waals surface area contributed by atoms with Crippen molar-refractivity contribution >= 4 is 11.9 Å². The summed E-state index contributed by atoms with van der Waals surface area (Å²) in [7, 11) is 3.39. The molecule has 23 heavy (non-hydrogen) atoms. The van der Waals surface area contributed by atoms with E-state index in [1.807, 2.05) is 14.0 Å². The molecule has 0 N–H and O–H groups in total. The van der Waals surface area contributed by atoms with E-state index < -0.39 is 0 Å². The van der Waals surface area contributed by atoms with E-state index in [4.69, 9.17) is 14.7 Å². The summed E-state index contributed by atoms with van der Waals surface area (Å²) < 4.78 is 12.6. The SMILES string of the molecule is COc1ccc2c(c1)C(=O)/C(=C\c1cc(C#N)n(C)c1C)CO2. The third-order valence-corrected chi connectivity index (χ3v) is 4.12. The lowest BCUT2D eigenvalue weighted by atomic mass is 9.98. The van der Waals surface area contributed by atoms with E-state index in [0.717, 1.165) is 11.3 Å². The van der Waals surface area contributed by atoms with E-state index in [1.54, 1.807) is 42.0 Å². The van der Waals surface area contributed by atoms with E-state index in [-0.39, 0.29) is 12.4 Å². The number of nitrogens with zero attached hydrogens (tertiary/aromatic N) is 2. The molecule has 0 fully saturated rings. The Morgan fingerprint density at radius 1 is 1.39 bits per heavy atom. The Labute approximate surface area is 134 Å². The van der Waals surface area contributed by atoms with Crippen LogP contribution in [-0.4, -0.2) is 24.1 Å². The second kappa shape index (κ2) is 5.65. The maximum Gasteiger partial charge on any atom is 0.196 e. The van der Waals surface area contributed by atoms with Crippen molar-refractivity contribution in [1.82, 2.24) is 4.57 Å². The molecule has 1 aromatic heterocycles. The van der Waals surface area contributed by atoms with Gasteiger partial charge in [-0.15, -0.1) is 0 Å². The summed E-state index contributed by atoms with van der Waals surface area (Å²) in [4.78, 5) is 12.7. The first kappa shape index (κ1) is 14.9. The molecule has 0 saturated carbocycles. The third-order valence-electron chi connectivity index (χ3n) is 4.12. The highest BCUT2D eigenvalue weighted by Gasteiger charge is 2.24. The molecule has 0 bridgehead atoms. The molecule has 2 aromatic rings. The molecule has 1 aliphatic rings. The summed E-state index contributed by atoms with van der Waals surface area (Å²) in [5.41, 5.74) is 3.39. The van der Waals surface area contributed by atoms with Crippen molar-refractivity contribution in [2.45, 2.75) is 6.92 Å². The maximum absolute atomic E-state index is 12.7. The molecule has 1 aliphatic heterocycles. The van der Waals surface area contributed by atoms with Gasteiger partial charge in [0.1, 0.15) is 29.9 Å². The van der Waals surface area contributed by atoms with Gasteiger partial charge in [0.25, 0.3) is 0 Å². The van der Waals surface area contributed by atoms with Crippen LogP contribution in [0.5, 0.6) is 11.5 Å². The van der Waals surface area contributed by atoms with Gasteiger partial charge in [0.15, 0.2) is 5.78 Å². The van der Waals surface area contributed by atoms with Gasteiger partial charge in [-0.05, 0) is 42.8 Å². The van der Waals surface area contributed by atoms with Crippen molar-refractivity contribution in [1.29, 1.82) is 5.26 Å². The molecule has 0 saturated heterocycles. The van der Waals surface area contributed by atoms with Gasteiger partial charge in [0, 0.05) is 18.3 Å². The number of hydrogen-bond donors (Lipinski definition) is 0. The van der Waals surface area contributed by atoms with Crippen LogP contribution in [0.3, 0.4) is 0 Å². The van der Waals surface area contributed by atoms with Gasteiger partial charge >= 0.3 is 0 Å². The maximum atomic E-state index is 12.7. The number of nitriles is 1. The van der Waals surface area contributed by atoms with Crippen LogP contribution in [-0.2, 0) is 7.05 Å². The van der Waals surface area contributed by atoms with E-state index in [2.05, 4.69) is 6.07 Å². The normalized spacial score (nSPS) is 15.0. The van der Waals surface area contributed by atoms with Gasteiger partial charge in [-0.25, -0.2) is 0 Å². The highest BCUT2D eigenvalue weighted by molar-refractivity contribution is 6.14. The highest BCUT2D eigenvalue weighted by Crippen LogP contribution is 2.31. The molecule has 5 nitrogen and oxygen atoms in total. The van der Waals surface area contributed by atoms with Crippen LogP contribution in [0.15, 0.2) is 29.8 Å². The molecule has 0 aliphatic carbocycles. The third kappa shape index (κ3) is 2.49. The number of Topliss-reactive ketones (excluding diaryl/α,β-unsaturated/α-hetero) is 1. The van der Waals surface area contributed by atoms with E-state index in [0.29, 0.717) is 28.3 Å². The minimum absolute atomic E-state index is 0.0769. The van der Waals surface area contributed by atoms with Gasteiger partial charge in [-0.2, -0.15) is 5.26 Å². The van der Waals surface area contributed by atoms with Gasteiger partial charge in [-0.3, -0.25) is 4.79 Å². The number of aromatic nitrogens is 1. The molecule has 5 heteroatoms. The van der Waals surface area contributed by atoms with Crippen LogP contribution >= 0.6 is 0 Å². The van der Waals surface area contributed by atoms with Crippen LogP contribution in [0.4, 0.5) is 0 Å². The number of benzene rings is 1. The summed E-state index contributed by atoms with van der Waals surface area (Å²) in [6, 6.07) is 9.10. The summed E-state index contributed by atoms with van der Waals surface area (Å²) in [6.07, 6.45) is 1.79. The molecule has 0 atom stereocenters. The monoisotopic (exact) mass is 308 g/mol. The quantitative estimate of drug-likeness (QED) is 0.800. The van der Waals surface area contributed by atoms with Gasteiger partial charge in [0.2, 0.25) is 0 Å². The number of carbonyl (C=O) groups is 1. The molecular weight excluding hydrogens is 292 g/mol. The minimum Gasteiger partial charge on any atom is -0.497 e. The standard InChI is InChI=1S/C18H16N2O3/c1-11-12(7-14(9-19)20(11)2)6-13-10-23-17-5-4-15(22-3)8-16(17)18(13)21/h4-8H,10H2,1-3H3/b13-6-. The molecule has 0 amide bonds. The fourth-order valence-electron chi connectivity index (χ4n) is 2.60. The van der Waals surface area contributed by atoms with Crippen LogP contribution in [0.2, 0.25) is 0 Å². The first-order valence-corrected chi connectivity index (χ1v) is 7.17. The molecular formula is C18H16N2O3. The van der Waals surface area contributed by atoms with Gasteiger partial charge in [-0.1, -0.05) is 0 Å². The van der Waals surface area contributed by atoms with Crippen LogP contribution < -0.4 is 9.47 Å². The average molecular weight is 308 g/mol. The second-order valence-corrected chi connectivity index (χ2v) is 5.39. The van der Waals surface area contributed by atoms with Crippen molar-refractivity contribution in [3.8, 4) is 17.6 Å². The molecule has 116 valence electrons. The lowest BCUT2D eigenvalue weighted by Gasteiger charge is -2.19. The number of ketones is 1. The van der Waals surface area contributed by atoms with Gasteiger partial charge in [0.05, 0.1) is 12.7 Å². The number of fused-ring (bicyclic) bond motifs is 1. The molecule has 3 rings (SSSR count). The Balaban J connectivity index is 2.02. The number of hydrogen-bond acceptors (Lipinski definition) is 4. The molecule has 0 unspecified atom stereocenters. The van der Waals surface area contributed by atoms with E-state index >= 15 is 0 Å². The van der Waals surface area contributed by atoms with Crippen molar-refractivity contribution < 1.29 is 14.3 Å². The zero-order valence-corrected chi connectivity index (χ0v) is 13.2. The minimum atomic E-state index is -0.0769. The van der Waals surface area contributed by atoms with E-state index in [9.17, 15) is 4.79 Å². The Morgan fingerprint density at radius 2 is 2.17 bits per heavy atom. The first-order chi connectivity index (χ1) is 11.0. The van der Waals surface area contributed by atoms with Crippen molar-refractivity contribution in [2.24, 2.45) is 7.05 Å². The highest BCUT2D eigenvalue weighted by atomic mass is 16.5. The molecule has 0 radical (unpaired) electrons. The zero-order valence-electron chi connectivity index (χ0n) is 13.2. The fraction of sp³-hybridized carbons (Fsp3) is 0.222. The Hall–Kier alpha value is -3.00. The first-order valence-electron chi connectivity index (χ1n) is 7.17. The fourth-order valence-corrected chi connectivity index (χ4v) is 2.60. The average Bonchev–Trinajstić information content (AvgIpc) is 2.85. The lowest BCUT2D eigenvalue weighted by Crippen LogP contribution is -2.19. The number of carbonyl (C=O) groups excluding carboxylic acids is 1. The molecule has 2 heterocycles. The largest absolute Gasteiger partial charge is 0.497 e. The van der Waals surface area contributed by atoms with Crippen LogP contribution in [0.25, 0.3) is 6.08 Å². The van der Waals surface area contributed by atoms with Crippen LogP contribution in [0.1, 0.15) is 27.3 Å². The Kier molecular flexibility index (Phi) is 3.67. The number of methoxy groups -OCH3 is 1. The predicted molar refractivity (Wildman–Crippen MR) is 85.7 cm³/mol.